The van der Waals surface area contributed by atoms with Gasteiger partial charge < -0.3 is 10.4 Å². The van der Waals surface area contributed by atoms with Crippen LogP contribution in [0.5, 0.6) is 0 Å². The number of hydrogen-bond acceptors (Lipinski definition) is 6. The van der Waals surface area contributed by atoms with E-state index in [-0.39, 0.29) is 23.9 Å². The Morgan fingerprint density at radius 3 is 2.90 bits per heavy atom. The molecular weight excluding hydrogens is 264 g/mol. The van der Waals surface area contributed by atoms with Crippen LogP contribution in [0.2, 0.25) is 0 Å². The molecule has 0 aliphatic heterocycles. The zero-order valence-corrected chi connectivity index (χ0v) is 10.2. The first-order chi connectivity index (χ1) is 9.56. The number of aromatic carboxylic acids is 1. The summed E-state index contributed by atoms with van der Waals surface area (Å²) in [6.45, 7) is 0.255. The van der Waals surface area contributed by atoms with Gasteiger partial charge in [-0.2, -0.15) is 0 Å². The molecule has 0 amide bonds. The molecule has 8 heteroatoms. The largest absolute Gasteiger partial charge is 0.477 e. The molecule has 1 aromatic carbocycles. The molecule has 0 saturated heterocycles. The normalized spacial score (nSPS) is 10.0. The van der Waals surface area contributed by atoms with Gasteiger partial charge in [-0.1, -0.05) is 12.1 Å². The van der Waals surface area contributed by atoms with Gasteiger partial charge in [-0.25, -0.2) is 14.8 Å². The third-order valence-electron chi connectivity index (χ3n) is 2.45. The van der Waals surface area contributed by atoms with Crippen molar-refractivity contribution >= 4 is 17.6 Å². The van der Waals surface area contributed by atoms with Gasteiger partial charge in [0.15, 0.2) is 5.69 Å². The van der Waals surface area contributed by atoms with Crippen LogP contribution in [-0.2, 0) is 6.54 Å². The van der Waals surface area contributed by atoms with Crippen LogP contribution in [0.1, 0.15) is 16.1 Å². The van der Waals surface area contributed by atoms with Crippen molar-refractivity contribution in [2.75, 3.05) is 5.32 Å². The van der Waals surface area contributed by atoms with Crippen molar-refractivity contribution in [3.05, 3.63) is 57.9 Å². The molecule has 0 aliphatic carbocycles. The molecule has 0 fully saturated rings. The van der Waals surface area contributed by atoms with Crippen LogP contribution >= 0.6 is 0 Å². The molecule has 2 rings (SSSR count). The number of benzene rings is 1. The van der Waals surface area contributed by atoms with E-state index in [2.05, 4.69) is 15.3 Å². The number of aromatic nitrogens is 2. The highest BCUT2D eigenvalue weighted by molar-refractivity contribution is 5.85. The summed E-state index contributed by atoms with van der Waals surface area (Å²) in [4.78, 5) is 28.6. The van der Waals surface area contributed by atoms with Crippen LogP contribution < -0.4 is 5.32 Å². The first-order valence-electron chi connectivity index (χ1n) is 5.60. The Balaban J connectivity index is 2.08. The fraction of sp³-hybridized carbons (Fsp3) is 0.0833. The minimum Gasteiger partial charge on any atom is -0.477 e. The van der Waals surface area contributed by atoms with Crippen molar-refractivity contribution in [2.24, 2.45) is 0 Å². The average molecular weight is 274 g/mol. The Kier molecular flexibility index (Phi) is 3.85. The number of nitro benzene ring substituents is 1. The molecule has 0 aliphatic rings. The number of anilines is 1. The standard InChI is InChI=1S/C12H10N4O4/c17-11(18)10-4-5-13-12(15-10)14-7-8-2-1-3-9(6-8)16(19)20/h1-6H,7H2,(H,17,18)(H,13,14,15). The van der Waals surface area contributed by atoms with Crippen molar-refractivity contribution in [1.82, 2.24) is 9.97 Å². The minimum atomic E-state index is -1.15. The second-order valence-electron chi connectivity index (χ2n) is 3.85. The lowest BCUT2D eigenvalue weighted by Crippen LogP contribution is -2.07. The monoisotopic (exact) mass is 274 g/mol. The van der Waals surface area contributed by atoms with Gasteiger partial charge in [-0.15, -0.1) is 0 Å². The summed E-state index contributed by atoms with van der Waals surface area (Å²) in [5.74, 6) is -0.998. The molecule has 0 unspecified atom stereocenters. The third-order valence-corrected chi connectivity index (χ3v) is 2.45. The Morgan fingerprint density at radius 1 is 1.40 bits per heavy atom. The maximum absolute atomic E-state index is 10.8. The van der Waals surface area contributed by atoms with E-state index in [1.165, 1.54) is 24.4 Å². The van der Waals surface area contributed by atoms with Gasteiger partial charge >= 0.3 is 5.97 Å². The molecule has 0 radical (unpaired) electrons. The van der Waals surface area contributed by atoms with Crippen LogP contribution in [-0.4, -0.2) is 26.0 Å². The van der Waals surface area contributed by atoms with Crippen molar-refractivity contribution in [3.63, 3.8) is 0 Å². The highest BCUT2D eigenvalue weighted by atomic mass is 16.6. The predicted octanol–water partition coefficient (Wildman–Crippen LogP) is 1.70. The smallest absolute Gasteiger partial charge is 0.354 e. The van der Waals surface area contributed by atoms with Gasteiger partial charge in [-0.05, 0) is 11.6 Å². The number of nitrogens with one attached hydrogen (secondary N) is 1. The fourth-order valence-corrected chi connectivity index (χ4v) is 1.52. The van der Waals surface area contributed by atoms with E-state index in [1.807, 2.05) is 0 Å². The lowest BCUT2D eigenvalue weighted by atomic mass is 10.2. The maximum Gasteiger partial charge on any atom is 0.354 e. The summed E-state index contributed by atoms with van der Waals surface area (Å²) < 4.78 is 0. The van der Waals surface area contributed by atoms with Crippen molar-refractivity contribution in [3.8, 4) is 0 Å². The quantitative estimate of drug-likeness (QED) is 0.629. The van der Waals surface area contributed by atoms with Gasteiger partial charge in [-0.3, -0.25) is 10.1 Å². The molecule has 1 aromatic heterocycles. The molecule has 0 atom stereocenters. The van der Waals surface area contributed by atoms with Crippen LogP contribution in [0.25, 0.3) is 0 Å². The summed E-state index contributed by atoms with van der Waals surface area (Å²) in [5.41, 5.74) is 0.537. The minimum absolute atomic E-state index is 0.00972. The summed E-state index contributed by atoms with van der Waals surface area (Å²) >= 11 is 0. The number of non-ortho nitro benzene ring substituents is 1. The Hall–Kier alpha value is -3.03. The number of nitrogens with zero attached hydrogens (tertiary/aromatic N) is 3. The number of hydrogen-bond donors (Lipinski definition) is 2. The zero-order valence-electron chi connectivity index (χ0n) is 10.2. The number of carboxylic acids is 1. The Labute approximate surface area is 113 Å². The molecule has 0 bridgehead atoms. The Bertz CT molecular complexity index is 602. The van der Waals surface area contributed by atoms with E-state index < -0.39 is 10.9 Å². The number of carbonyl (C=O) groups is 1. The zero-order chi connectivity index (χ0) is 14.5. The molecular formula is C12H10N4O4. The van der Waals surface area contributed by atoms with Crippen molar-refractivity contribution in [2.45, 2.75) is 6.54 Å². The lowest BCUT2D eigenvalue weighted by molar-refractivity contribution is -0.384. The first kappa shape index (κ1) is 13.4. The van der Waals surface area contributed by atoms with E-state index >= 15 is 0 Å². The van der Waals surface area contributed by atoms with Gasteiger partial charge in [0.05, 0.1) is 4.92 Å². The molecule has 102 valence electrons. The van der Waals surface area contributed by atoms with Crippen LogP contribution in [0.3, 0.4) is 0 Å². The molecule has 1 heterocycles. The van der Waals surface area contributed by atoms with Crippen LogP contribution in [0, 0.1) is 10.1 Å². The fourth-order valence-electron chi connectivity index (χ4n) is 1.52. The van der Waals surface area contributed by atoms with E-state index in [1.54, 1.807) is 12.1 Å². The second kappa shape index (κ2) is 5.74. The maximum atomic E-state index is 10.8. The summed E-state index contributed by atoms with van der Waals surface area (Å²) in [7, 11) is 0. The predicted molar refractivity (Wildman–Crippen MR) is 69.4 cm³/mol. The number of carboxylic acid groups (broad SMARTS) is 1. The highest BCUT2D eigenvalue weighted by Gasteiger charge is 2.08. The van der Waals surface area contributed by atoms with E-state index in [0.29, 0.717) is 5.56 Å². The van der Waals surface area contributed by atoms with Gasteiger partial charge in [0.25, 0.3) is 5.69 Å². The topological polar surface area (TPSA) is 118 Å². The lowest BCUT2D eigenvalue weighted by Gasteiger charge is -2.05. The molecule has 2 aromatic rings. The summed E-state index contributed by atoms with van der Waals surface area (Å²) in [5, 5.41) is 22.3. The molecule has 0 saturated carbocycles. The highest BCUT2D eigenvalue weighted by Crippen LogP contribution is 2.13. The Morgan fingerprint density at radius 2 is 2.20 bits per heavy atom. The van der Waals surface area contributed by atoms with Crippen molar-refractivity contribution < 1.29 is 14.8 Å². The summed E-state index contributed by atoms with van der Waals surface area (Å²) in [6.07, 6.45) is 1.33. The number of rotatable bonds is 5. The average Bonchev–Trinajstić information content (AvgIpc) is 2.45. The van der Waals surface area contributed by atoms with Gasteiger partial charge in [0.2, 0.25) is 5.95 Å². The second-order valence-corrected chi connectivity index (χ2v) is 3.85. The SMILES string of the molecule is O=C(O)c1ccnc(NCc2cccc([N+](=O)[O-])c2)n1. The molecule has 8 nitrogen and oxygen atoms in total. The van der Waals surface area contributed by atoms with Crippen molar-refractivity contribution in [1.29, 1.82) is 0 Å². The molecule has 20 heavy (non-hydrogen) atoms. The summed E-state index contributed by atoms with van der Waals surface area (Å²) in [6, 6.07) is 7.38. The first-order valence-corrected chi connectivity index (χ1v) is 5.60. The van der Waals surface area contributed by atoms with Gasteiger partial charge in [0, 0.05) is 24.9 Å². The number of nitro groups is 1. The van der Waals surface area contributed by atoms with E-state index in [0.717, 1.165) is 0 Å². The van der Waals surface area contributed by atoms with E-state index in [4.69, 9.17) is 5.11 Å². The third kappa shape index (κ3) is 3.25. The molecule has 0 spiro atoms. The van der Waals surface area contributed by atoms with E-state index in [9.17, 15) is 14.9 Å². The van der Waals surface area contributed by atoms with Gasteiger partial charge in [0.1, 0.15) is 0 Å². The van der Waals surface area contributed by atoms with Crippen LogP contribution in [0.4, 0.5) is 11.6 Å². The molecule has 2 N–H and O–H groups in total. The van der Waals surface area contributed by atoms with Crippen LogP contribution in [0.15, 0.2) is 36.5 Å².